The van der Waals surface area contributed by atoms with Crippen LogP contribution >= 0.6 is 63.7 Å². The summed E-state index contributed by atoms with van der Waals surface area (Å²) in [6.07, 6.45) is -16.4. The molecule has 3 aromatic heterocycles. The largest absolute Gasteiger partial charge is 1.00 e. The van der Waals surface area contributed by atoms with Gasteiger partial charge in [0, 0.05) is 24.5 Å². The van der Waals surface area contributed by atoms with Gasteiger partial charge in [0.15, 0.2) is 16.7 Å². The number of para-hydroxylation sites is 6. The molecule has 0 saturated heterocycles. The van der Waals surface area contributed by atoms with E-state index >= 15 is 0 Å². The van der Waals surface area contributed by atoms with Crippen LogP contribution in [0.25, 0.3) is 67.7 Å². The van der Waals surface area contributed by atoms with Crippen LogP contribution in [0.2, 0.25) is 0 Å². The number of aromatic nitrogens is 3. The molecule has 12 rings (SSSR count). The molecule has 3 atom stereocenters. The third-order valence-corrected chi connectivity index (χ3v) is 16.1. The van der Waals surface area contributed by atoms with Crippen LogP contribution in [0.15, 0.2) is 227 Å². The molecule has 110 heavy (non-hydrogen) atoms. The third-order valence-electron chi connectivity index (χ3n) is 13.7. The molecule has 0 spiro atoms. The van der Waals surface area contributed by atoms with Crippen molar-refractivity contribution in [2.24, 2.45) is 0 Å². The van der Waals surface area contributed by atoms with Crippen molar-refractivity contribution < 1.29 is 240 Å². The number of ether oxygens (including phenoxy) is 4. The first-order chi connectivity index (χ1) is 48.5. The Morgan fingerprint density at radius 1 is 0.491 bits per heavy atom. The molecule has 572 valence electrons. The number of phenolic OH excluding ortho intramolecular Hbond substituents is 1. The molecule has 3 unspecified atom stereocenters. The van der Waals surface area contributed by atoms with Crippen LogP contribution in [0.1, 0.15) is 95.4 Å². The number of carboxylic acid groups (broad SMARTS) is 1. The number of phenols is 1. The zero-order valence-corrected chi connectivity index (χ0v) is 68.3. The maximum Gasteiger partial charge on any atom is 1.00 e. The standard InChI is InChI=1S/C24H17BrF3NO4.C22H13BrF3NO4.C14H8F3NO2.C10H10Br2O2.CH2O3.4CH4.2K.Li.H2O.H/c1-2-31-23(30)21(14-6-5-7-16(25)12-14)32-19-11-10-15(24(26,27)28)13-17(19)22-29-18-8-3-4-9-20(18)33-22;23-14-5-3-4-12(10-14)19(21(28)29)30-17-9-8-13(22(24,25)26)11-15(17)20-27-16-6-1-2-7-18(16)31-20;15-14(16,17)8-5-6-11(19)9(7-8)13-18-10-3-1-2-4-12(10)20-13;1-2-14-10(13)9(12)7-4-3-5-8(11)6-7;2-1-4-3;;;;;;;;;/h3-13,21H,2H2,1H3;1-11,19H,(H,28,29);1-7,19H;3-6,9H,2H2,1H3;1,3H;4*1H4;;;;1H2;/q;;;;;;;;;3*+1;;-1/p-2. The zero-order chi connectivity index (χ0) is 74.1. The predicted octanol–water partition coefficient (Wildman–Crippen LogP) is 13.0. The number of aromatic hydroxyl groups is 1. The topological polar surface area (TPSA) is 286 Å². The van der Waals surface area contributed by atoms with Crippen LogP contribution in [-0.2, 0) is 52.1 Å². The Balaban J connectivity index is 0. The number of aliphatic carboxylic acids is 1. The van der Waals surface area contributed by atoms with Gasteiger partial charge in [-0.1, -0.05) is 166 Å². The average Bonchev–Trinajstić information content (AvgIpc) is 1.71. The number of hydrogen-bond donors (Lipinski definition) is 2. The molecule has 3 N–H and O–H groups in total. The Morgan fingerprint density at radius 2 is 0.809 bits per heavy atom. The molecule has 0 saturated carbocycles. The van der Waals surface area contributed by atoms with Crippen LogP contribution in [-0.4, -0.2) is 68.2 Å². The average molecular weight is 1840 g/mol. The second-order valence-corrected chi connectivity index (χ2v) is 24.3. The Kier molecular flexibility index (Phi) is 45.3. The van der Waals surface area contributed by atoms with Crippen LogP contribution in [0, 0.1) is 0 Å². The van der Waals surface area contributed by atoms with E-state index in [1.54, 1.807) is 135 Å². The molecule has 9 aromatic carbocycles. The monoisotopic (exact) mass is 1840 g/mol. The van der Waals surface area contributed by atoms with E-state index in [0.717, 1.165) is 64.6 Å². The first kappa shape index (κ1) is 104. The number of benzene rings is 9. The minimum Gasteiger partial charge on any atom is -1.00 e. The van der Waals surface area contributed by atoms with Crippen molar-refractivity contribution in [3.05, 3.63) is 247 Å². The van der Waals surface area contributed by atoms with Gasteiger partial charge in [0.2, 0.25) is 29.9 Å². The Labute approximate surface area is 757 Å². The quantitative estimate of drug-likeness (QED) is 0.0173. The summed E-state index contributed by atoms with van der Waals surface area (Å²) < 4.78 is 159. The van der Waals surface area contributed by atoms with Gasteiger partial charge in [-0.25, -0.2) is 24.5 Å². The normalized spacial score (nSPS) is 11.2. The fraction of sp³-hybridized carbons (Fsp3) is 0.187. The van der Waals surface area contributed by atoms with Crippen molar-refractivity contribution in [3.63, 3.8) is 0 Å². The number of carbonyl (C=O) groups excluding carboxylic acids is 3. The minimum absolute atomic E-state index is 0. The number of halogens is 13. The van der Waals surface area contributed by atoms with Gasteiger partial charge in [-0.3, -0.25) is 9.59 Å². The van der Waals surface area contributed by atoms with E-state index in [-0.39, 0.29) is 234 Å². The van der Waals surface area contributed by atoms with Crippen molar-refractivity contribution in [1.82, 2.24) is 15.0 Å². The molecule has 19 nitrogen and oxygen atoms in total. The SMILES string of the molecule is C.C.C.C.CCOC(=O)C(Br)c1cccc(Br)c1.CCOC(=O)C(Oc1ccc(C(F)(F)F)cc1-c1nc2ccccc2o1)c1cccc(Br)c1.O=C(O)C(Oc1ccc(C(F)(F)F)cc1-c1nc2ccccc2o1)c1cccc(Br)c1.O=CO[O-].Oc1ccc(C(F)(F)F)cc1-c1nc2ccccc2o1.[H-].[K+].[K+].[Li+].[OH-]. The molecule has 0 bridgehead atoms. The Hall–Kier alpha value is -6.25. The maximum atomic E-state index is 13.4. The van der Waals surface area contributed by atoms with Gasteiger partial charge in [0.05, 0.1) is 46.6 Å². The zero-order valence-electron chi connectivity index (χ0n) is 56.7. The van der Waals surface area contributed by atoms with Gasteiger partial charge < -0.3 is 59.5 Å². The third kappa shape index (κ3) is 29.0. The number of alkyl halides is 10. The summed E-state index contributed by atoms with van der Waals surface area (Å²) >= 11 is 13.3. The van der Waals surface area contributed by atoms with Gasteiger partial charge in [0.1, 0.15) is 38.6 Å². The van der Waals surface area contributed by atoms with Crippen LogP contribution < -0.4 is 136 Å². The molecule has 3 heterocycles. The molecule has 35 heteroatoms. The molecule has 0 amide bonds. The number of fused-ring (bicyclic) bond motifs is 3. The number of rotatable bonds is 16. The second-order valence-electron chi connectivity index (χ2n) is 20.7. The number of oxazole rings is 3. The molecule has 0 aliphatic rings. The summed E-state index contributed by atoms with van der Waals surface area (Å²) in [5, 5.41) is 27.8. The number of hydrogen-bond acceptors (Lipinski definition) is 18. The molecule has 0 fully saturated rings. The molecular weight excluding hydrogens is 1770 g/mol. The minimum atomic E-state index is -4.62. The Bertz CT molecular complexity index is 4830. The van der Waals surface area contributed by atoms with Crippen molar-refractivity contribution in [1.29, 1.82) is 0 Å². The van der Waals surface area contributed by atoms with Crippen molar-refractivity contribution in [3.8, 4) is 51.6 Å². The number of carboxylic acids is 1. The van der Waals surface area contributed by atoms with E-state index in [4.69, 9.17) is 42.3 Å². The van der Waals surface area contributed by atoms with Gasteiger partial charge >= 0.3 is 158 Å². The second kappa shape index (κ2) is 48.1. The van der Waals surface area contributed by atoms with E-state index in [0.29, 0.717) is 60.0 Å². The summed E-state index contributed by atoms with van der Waals surface area (Å²) in [5.74, 6) is -2.89. The summed E-state index contributed by atoms with van der Waals surface area (Å²) in [6, 6.07) is 49.4. The molecule has 12 aromatic rings. The molecule has 0 radical (unpaired) electrons. The Morgan fingerprint density at radius 3 is 1.15 bits per heavy atom. The first-order valence-electron chi connectivity index (χ1n) is 29.4. The van der Waals surface area contributed by atoms with Crippen molar-refractivity contribution >= 4 is 121 Å². The first-order valence-corrected chi connectivity index (χ1v) is 32.7. The van der Waals surface area contributed by atoms with Crippen molar-refractivity contribution in [2.75, 3.05) is 13.2 Å². The molecular formula is C75H67Br4F9K2LiN3O16. The van der Waals surface area contributed by atoms with Gasteiger partial charge in [0.25, 0.3) is 6.47 Å². The summed E-state index contributed by atoms with van der Waals surface area (Å²) in [5.41, 5.74) is 1.39. The summed E-state index contributed by atoms with van der Waals surface area (Å²) in [7, 11) is 0. The van der Waals surface area contributed by atoms with Gasteiger partial charge in [-0.15, -0.1) is 0 Å². The summed E-state index contributed by atoms with van der Waals surface area (Å²) in [4.78, 5) is 59.4. The fourth-order valence-corrected chi connectivity index (χ4v) is 10.8. The smallest absolute Gasteiger partial charge is 1.00 e. The van der Waals surface area contributed by atoms with E-state index in [2.05, 4.69) is 83.6 Å². The predicted molar refractivity (Wildman–Crippen MR) is 394 cm³/mol. The van der Waals surface area contributed by atoms with Gasteiger partial charge in [-0.2, -0.15) is 39.5 Å². The molecule has 0 aliphatic heterocycles. The van der Waals surface area contributed by atoms with Crippen LogP contribution in [0.5, 0.6) is 17.2 Å². The molecule has 0 aliphatic carbocycles. The number of carbonyl (C=O) groups is 4. The van der Waals surface area contributed by atoms with E-state index < -0.39 is 59.4 Å². The number of nitrogens with zero attached hydrogens (tertiary/aromatic N) is 3. The fourth-order valence-electron chi connectivity index (χ4n) is 9.14. The van der Waals surface area contributed by atoms with E-state index in [9.17, 15) is 64.1 Å². The van der Waals surface area contributed by atoms with Crippen LogP contribution in [0.4, 0.5) is 39.5 Å². The van der Waals surface area contributed by atoms with Crippen molar-refractivity contribution in [2.45, 2.75) is 79.1 Å². The van der Waals surface area contributed by atoms with E-state index in [1.165, 1.54) is 0 Å². The maximum absolute atomic E-state index is 13.4. The summed E-state index contributed by atoms with van der Waals surface area (Å²) in [6.45, 7) is 3.77. The van der Waals surface area contributed by atoms with Gasteiger partial charge in [-0.05, 0) is 147 Å². The van der Waals surface area contributed by atoms with Crippen LogP contribution in [0.3, 0.4) is 0 Å². The number of esters is 2. The van der Waals surface area contributed by atoms with E-state index in [1.807, 2.05) is 24.3 Å².